The fourth-order valence-electron chi connectivity index (χ4n) is 3.03. The first-order valence-electron chi connectivity index (χ1n) is 8.01. The third kappa shape index (κ3) is 4.18. The largest absolute Gasteiger partial charge is 0.323 e. The molecule has 0 aliphatic heterocycles. The molecule has 1 nitrogen and oxygen atoms in total. The fourth-order valence-corrected chi connectivity index (χ4v) is 3.03. The van der Waals surface area contributed by atoms with Gasteiger partial charge in [-0.15, -0.1) is 0 Å². The minimum Gasteiger partial charge on any atom is -0.323 e. The van der Waals surface area contributed by atoms with Gasteiger partial charge in [0.25, 0.3) is 0 Å². The van der Waals surface area contributed by atoms with E-state index in [1.165, 1.54) is 16.7 Å². The summed E-state index contributed by atoms with van der Waals surface area (Å²) >= 11 is 0. The fraction of sp³-hybridized carbons (Fsp3) is 0.400. The molecule has 2 rings (SSSR count). The van der Waals surface area contributed by atoms with Crippen LogP contribution in [0, 0.1) is 5.92 Å². The maximum atomic E-state index is 6.58. The van der Waals surface area contributed by atoms with Crippen molar-refractivity contribution in [2.24, 2.45) is 11.7 Å². The molecule has 0 amide bonds. The summed E-state index contributed by atoms with van der Waals surface area (Å²) in [7, 11) is 0. The molecule has 0 bridgehead atoms. The Morgan fingerprint density at radius 2 is 1.57 bits per heavy atom. The van der Waals surface area contributed by atoms with Crippen molar-refractivity contribution in [2.75, 3.05) is 0 Å². The van der Waals surface area contributed by atoms with E-state index < -0.39 is 0 Å². The molecule has 2 atom stereocenters. The summed E-state index contributed by atoms with van der Waals surface area (Å²) < 4.78 is 0. The van der Waals surface area contributed by atoms with Gasteiger partial charge in [0.2, 0.25) is 0 Å². The zero-order chi connectivity index (χ0) is 15.2. The number of hydrogen-bond donors (Lipinski definition) is 1. The van der Waals surface area contributed by atoms with E-state index in [1.54, 1.807) is 0 Å². The van der Waals surface area contributed by atoms with Crippen molar-refractivity contribution < 1.29 is 0 Å². The molecule has 112 valence electrons. The Morgan fingerprint density at radius 3 is 2.19 bits per heavy atom. The van der Waals surface area contributed by atoms with Crippen molar-refractivity contribution in [1.29, 1.82) is 0 Å². The molecule has 2 unspecified atom stereocenters. The molecule has 0 aliphatic carbocycles. The Hall–Kier alpha value is -1.60. The van der Waals surface area contributed by atoms with E-state index in [-0.39, 0.29) is 6.04 Å². The smallest absolute Gasteiger partial charge is 0.0364 e. The first-order chi connectivity index (χ1) is 10.1. The molecule has 0 aromatic heterocycles. The monoisotopic (exact) mass is 281 g/mol. The van der Waals surface area contributed by atoms with Gasteiger partial charge >= 0.3 is 0 Å². The lowest BCUT2D eigenvalue weighted by Crippen LogP contribution is -2.19. The highest BCUT2D eigenvalue weighted by atomic mass is 14.7. The van der Waals surface area contributed by atoms with Gasteiger partial charge in [-0.05, 0) is 35.4 Å². The second-order valence-corrected chi connectivity index (χ2v) is 6.29. The van der Waals surface area contributed by atoms with E-state index in [4.69, 9.17) is 5.73 Å². The van der Waals surface area contributed by atoms with Crippen molar-refractivity contribution in [3.8, 4) is 0 Å². The van der Waals surface area contributed by atoms with Gasteiger partial charge < -0.3 is 5.73 Å². The van der Waals surface area contributed by atoms with E-state index in [2.05, 4.69) is 75.4 Å². The maximum Gasteiger partial charge on any atom is 0.0364 e. The van der Waals surface area contributed by atoms with Crippen LogP contribution in [0.1, 0.15) is 55.8 Å². The van der Waals surface area contributed by atoms with E-state index >= 15 is 0 Å². The van der Waals surface area contributed by atoms with Gasteiger partial charge in [-0.2, -0.15) is 0 Å². The van der Waals surface area contributed by atoms with Crippen LogP contribution in [0.15, 0.2) is 54.6 Å². The van der Waals surface area contributed by atoms with Crippen molar-refractivity contribution in [3.63, 3.8) is 0 Å². The van der Waals surface area contributed by atoms with Gasteiger partial charge in [-0.1, -0.05) is 75.4 Å². The molecule has 2 aromatic rings. The van der Waals surface area contributed by atoms with Crippen molar-refractivity contribution >= 4 is 0 Å². The zero-order valence-electron chi connectivity index (χ0n) is 13.4. The van der Waals surface area contributed by atoms with Crippen LogP contribution >= 0.6 is 0 Å². The van der Waals surface area contributed by atoms with Crippen LogP contribution in [-0.2, 0) is 6.42 Å². The van der Waals surface area contributed by atoms with Gasteiger partial charge in [0, 0.05) is 12.0 Å². The zero-order valence-corrected chi connectivity index (χ0v) is 13.4. The molecule has 0 fully saturated rings. The van der Waals surface area contributed by atoms with Crippen LogP contribution in [0.5, 0.6) is 0 Å². The van der Waals surface area contributed by atoms with Crippen LogP contribution in [0.3, 0.4) is 0 Å². The molecule has 2 N–H and O–H groups in total. The molecule has 0 heterocycles. The predicted molar refractivity (Wildman–Crippen MR) is 91.4 cm³/mol. The Kier molecular flexibility index (Phi) is 5.58. The topological polar surface area (TPSA) is 26.0 Å². The van der Waals surface area contributed by atoms with E-state index in [0.29, 0.717) is 11.8 Å². The van der Waals surface area contributed by atoms with Gasteiger partial charge in [0.15, 0.2) is 0 Å². The third-order valence-electron chi connectivity index (χ3n) is 4.08. The van der Waals surface area contributed by atoms with Crippen molar-refractivity contribution in [1.82, 2.24) is 0 Å². The van der Waals surface area contributed by atoms with Crippen molar-refractivity contribution in [3.05, 3.63) is 71.3 Å². The van der Waals surface area contributed by atoms with Gasteiger partial charge in [-0.25, -0.2) is 0 Å². The quantitative estimate of drug-likeness (QED) is 0.785. The number of rotatable bonds is 6. The first kappa shape index (κ1) is 15.8. The average Bonchev–Trinajstić information content (AvgIpc) is 2.48. The molecule has 0 saturated carbocycles. The lowest BCUT2D eigenvalue weighted by atomic mass is 9.85. The van der Waals surface area contributed by atoms with E-state index in [9.17, 15) is 0 Å². The lowest BCUT2D eigenvalue weighted by Gasteiger charge is -2.24. The second kappa shape index (κ2) is 7.42. The van der Waals surface area contributed by atoms with Crippen LogP contribution in [0.2, 0.25) is 0 Å². The number of nitrogens with two attached hydrogens (primary N) is 1. The Morgan fingerprint density at radius 1 is 0.905 bits per heavy atom. The molecular weight excluding hydrogens is 254 g/mol. The van der Waals surface area contributed by atoms with Crippen LogP contribution in [0.4, 0.5) is 0 Å². The van der Waals surface area contributed by atoms with Crippen LogP contribution in [-0.4, -0.2) is 0 Å². The third-order valence-corrected chi connectivity index (χ3v) is 4.08. The molecule has 0 saturated heterocycles. The Labute approximate surface area is 129 Å². The normalized spacial score (nSPS) is 14.1. The minimum atomic E-state index is 0.0597. The molecule has 0 aliphatic rings. The summed E-state index contributed by atoms with van der Waals surface area (Å²) in [6.07, 6.45) is 2.17. The molecule has 0 radical (unpaired) electrons. The van der Waals surface area contributed by atoms with Crippen LogP contribution < -0.4 is 5.73 Å². The number of hydrogen-bond acceptors (Lipinski definition) is 1. The molecule has 1 heteroatoms. The highest BCUT2D eigenvalue weighted by Crippen LogP contribution is 2.32. The Bertz CT molecular complexity index is 545. The van der Waals surface area contributed by atoms with Crippen LogP contribution in [0.25, 0.3) is 0 Å². The second-order valence-electron chi connectivity index (χ2n) is 6.29. The molecular formula is C20H27N. The first-order valence-corrected chi connectivity index (χ1v) is 8.01. The predicted octanol–water partition coefficient (Wildman–Crippen LogP) is 5.08. The SMILES string of the molecule is CCC(c1ccccc1)C(N)c1cccc(CC(C)C)c1. The summed E-state index contributed by atoms with van der Waals surface area (Å²) in [6.45, 7) is 6.73. The van der Waals surface area contributed by atoms with E-state index in [0.717, 1.165) is 12.8 Å². The summed E-state index contributed by atoms with van der Waals surface area (Å²) in [5, 5.41) is 0. The van der Waals surface area contributed by atoms with E-state index in [1.807, 2.05) is 0 Å². The summed E-state index contributed by atoms with van der Waals surface area (Å²) in [5.74, 6) is 1.05. The van der Waals surface area contributed by atoms with Crippen molar-refractivity contribution in [2.45, 2.75) is 45.6 Å². The summed E-state index contributed by atoms with van der Waals surface area (Å²) in [5.41, 5.74) is 10.6. The van der Waals surface area contributed by atoms with Gasteiger partial charge in [0.05, 0.1) is 0 Å². The maximum absolute atomic E-state index is 6.58. The minimum absolute atomic E-state index is 0.0597. The lowest BCUT2D eigenvalue weighted by molar-refractivity contribution is 0.538. The molecule has 2 aromatic carbocycles. The van der Waals surface area contributed by atoms with Gasteiger partial charge in [-0.3, -0.25) is 0 Å². The van der Waals surface area contributed by atoms with Gasteiger partial charge in [0.1, 0.15) is 0 Å². The Balaban J connectivity index is 2.23. The summed E-state index contributed by atoms with van der Waals surface area (Å²) in [4.78, 5) is 0. The molecule has 0 spiro atoms. The molecule has 21 heavy (non-hydrogen) atoms. The highest BCUT2D eigenvalue weighted by molar-refractivity contribution is 5.31. The number of benzene rings is 2. The standard InChI is InChI=1S/C20H27N/c1-4-19(17-10-6-5-7-11-17)20(21)18-12-8-9-16(14-18)13-15(2)3/h5-12,14-15,19-20H,4,13,21H2,1-3H3. The highest BCUT2D eigenvalue weighted by Gasteiger charge is 2.19. The average molecular weight is 281 g/mol. The summed E-state index contributed by atoms with van der Waals surface area (Å²) in [6, 6.07) is 19.5.